The minimum atomic E-state index is -4.46. The highest BCUT2D eigenvalue weighted by atomic mass is 19.4. The number of amides is 1. The fraction of sp³-hybridized carbons (Fsp3) is 0.278. The van der Waals surface area contributed by atoms with Gasteiger partial charge in [0.15, 0.2) is 0 Å². The van der Waals surface area contributed by atoms with Gasteiger partial charge in [0.2, 0.25) is 0 Å². The third kappa shape index (κ3) is 4.34. The molecule has 0 aliphatic rings. The van der Waals surface area contributed by atoms with E-state index < -0.39 is 17.6 Å². The highest BCUT2D eigenvalue weighted by Gasteiger charge is 2.30. The second-order valence-corrected chi connectivity index (χ2v) is 5.46. The summed E-state index contributed by atoms with van der Waals surface area (Å²) in [5, 5.41) is 2.61. The SMILES string of the molecule is CC[C@H](C)c1ccc(NC(=O)c2cccc(C(F)(F)F)c2)cc1. The Morgan fingerprint density at radius 3 is 2.35 bits per heavy atom. The van der Waals surface area contributed by atoms with Crippen LogP contribution in [-0.4, -0.2) is 5.91 Å². The average Bonchev–Trinajstić information content (AvgIpc) is 2.54. The first-order chi connectivity index (χ1) is 10.8. The normalized spacial score (nSPS) is 12.7. The predicted octanol–water partition coefficient (Wildman–Crippen LogP) is 5.47. The summed E-state index contributed by atoms with van der Waals surface area (Å²) >= 11 is 0. The van der Waals surface area contributed by atoms with Gasteiger partial charge in [-0.25, -0.2) is 0 Å². The van der Waals surface area contributed by atoms with Crippen LogP contribution in [0.25, 0.3) is 0 Å². The number of halogens is 3. The fourth-order valence-corrected chi connectivity index (χ4v) is 2.17. The lowest BCUT2D eigenvalue weighted by Gasteiger charge is -2.11. The van der Waals surface area contributed by atoms with Gasteiger partial charge in [0, 0.05) is 11.3 Å². The highest BCUT2D eigenvalue weighted by Crippen LogP contribution is 2.29. The summed E-state index contributed by atoms with van der Waals surface area (Å²) in [6.07, 6.45) is -3.45. The van der Waals surface area contributed by atoms with Crippen molar-refractivity contribution in [1.29, 1.82) is 0 Å². The van der Waals surface area contributed by atoms with Crippen molar-refractivity contribution in [2.45, 2.75) is 32.4 Å². The molecule has 0 heterocycles. The maximum atomic E-state index is 12.7. The Morgan fingerprint density at radius 1 is 1.13 bits per heavy atom. The van der Waals surface area contributed by atoms with E-state index in [1.54, 1.807) is 12.1 Å². The lowest BCUT2D eigenvalue weighted by molar-refractivity contribution is -0.137. The molecule has 0 aliphatic carbocycles. The molecule has 1 N–H and O–H groups in total. The quantitative estimate of drug-likeness (QED) is 0.794. The number of hydrogen-bond donors (Lipinski definition) is 1. The van der Waals surface area contributed by atoms with Gasteiger partial charge in [-0.3, -0.25) is 4.79 Å². The number of carbonyl (C=O) groups is 1. The molecule has 23 heavy (non-hydrogen) atoms. The van der Waals surface area contributed by atoms with E-state index in [1.807, 2.05) is 12.1 Å². The summed E-state index contributed by atoms with van der Waals surface area (Å²) in [6.45, 7) is 4.20. The van der Waals surface area contributed by atoms with E-state index in [0.29, 0.717) is 11.6 Å². The van der Waals surface area contributed by atoms with Gasteiger partial charge in [-0.05, 0) is 48.2 Å². The number of anilines is 1. The van der Waals surface area contributed by atoms with Gasteiger partial charge in [-0.2, -0.15) is 13.2 Å². The van der Waals surface area contributed by atoms with E-state index >= 15 is 0 Å². The topological polar surface area (TPSA) is 29.1 Å². The lowest BCUT2D eigenvalue weighted by atomic mass is 9.98. The van der Waals surface area contributed by atoms with Crippen LogP contribution in [0.2, 0.25) is 0 Å². The van der Waals surface area contributed by atoms with Crippen molar-refractivity contribution in [1.82, 2.24) is 0 Å². The van der Waals surface area contributed by atoms with E-state index in [-0.39, 0.29) is 5.56 Å². The van der Waals surface area contributed by atoms with Gasteiger partial charge in [-0.15, -0.1) is 0 Å². The first-order valence-corrected chi connectivity index (χ1v) is 7.40. The summed E-state index contributed by atoms with van der Waals surface area (Å²) in [4.78, 5) is 12.1. The van der Waals surface area contributed by atoms with Crippen LogP contribution >= 0.6 is 0 Å². The molecule has 0 saturated carbocycles. The molecule has 0 unspecified atom stereocenters. The Morgan fingerprint density at radius 2 is 1.78 bits per heavy atom. The zero-order valence-electron chi connectivity index (χ0n) is 12.9. The molecule has 0 spiro atoms. The van der Waals surface area contributed by atoms with E-state index in [9.17, 15) is 18.0 Å². The second kappa shape index (κ2) is 6.86. The van der Waals surface area contributed by atoms with Crippen molar-refractivity contribution in [3.05, 3.63) is 65.2 Å². The molecule has 1 atom stereocenters. The van der Waals surface area contributed by atoms with Gasteiger partial charge < -0.3 is 5.32 Å². The van der Waals surface area contributed by atoms with Gasteiger partial charge in [-0.1, -0.05) is 32.0 Å². The van der Waals surface area contributed by atoms with Gasteiger partial charge in [0.1, 0.15) is 0 Å². The maximum absolute atomic E-state index is 12.7. The number of rotatable bonds is 4. The standard InChI is InChI=1S/C18H18F3NO/c1-3-12(2)13-7-9-16(10-8-13)22-17(23)14-5-4-6-15(11-14)18(19,20)21/h4-12H,3H2,1-2H3,(H,22,23)/t12-/m0/s1. The number of carbonyl (C=O) groups excluding carboxylic acids is 1. The Labute approximate surface area is 133 Å². The van der Waals surface area contributed by atoms with Crippen molar-refractivity contribution < 1.29 is 18.0 Å². The van der Waals surface area contributed by atoms with Crippen molar-refractivity contribution >= 4 is 11.6 Å². The monoisotopic (exact) mass is 321 g/mol. The molecular formula is C18H18F3NO. The van der Waals surface area contributed by atoms with Crippen LogP contribution in [0.3, 0.4) is 0 Å². The Bertz CT molecular complexity index is 677. The molecule has 0 aliphatic heterocycles. The van der Waals surface area contributed by atoms with Crippen LogP contribution in [0.1, 0.15) is 47.7 Å². The predicted molar refractivity (Wildman–Crippen MR) is 84.5 cm³/mol. The molecular weight excluding hydrogens is 303 g/mol. The van der Waals surface area contributed by atoms with Crippen molar-refractivity contribution in [2.75, 3.05) is 5.32 Å². The lowest BCUT2D eigenvalue weighted by Crippen LogP contribution is -2.14. The molecule has 2 aromatic carbocycles. The van der Waals surface area contributed by atoms with E-state index in [4.69, 9.17) is 0 Å². The average molecular weight is 321 g/mol. The van der Waals surface area contributed by atoms with Crippen molar-refractivity contribution in [3.8, 4) is 0 Å². The molecule has 2 nitrogen and oxygen atoms in total. The minimum Gasteiger partial charge on any atom is -0.322 e. The van der Waals surface area contributed by atoms with Gasteiger partial charge in [0.05, 0.1) is 5.56 Å². The molecule has 0 saturated heterocycles. The summed E-state index contributed by atoms with van der Waals surface area (Å²) in [5.74, 6) is -0.143. The Balaban J connectivity index is 2.13. The van der Waals surface area contributed by atoms with Crippen LogP contribution in [0.5, 0.6) is 0 Å². The minimum absolute atomic E-state index is 0.0224. The third-order valence-electron chi connectivity index (χ3n) is 3.80. The maximum Gasteiger partial charge on any atom is 0.416 e. The van der Waals surface area contributed by atoms with Crippen molar-refractivity contribution in [2.24, 2.45) is 0 Å². The zero-order valence-corrected chi connectivity index (χ0v) is 12.9. The Hall–Kier alpha value is -2.30. The van der Waals surface area contributed by atoms with Gasteiger partial charge in [0.25, 0.3) is 5.91 Å². The third-order valence-corrected chi connectivity index (χ3v) is 3.80. The molecule has 2 aromatic rings. The number of nitrogens with one attached hydrogen (secondary N) is 1. The van der Waals surface area contributed by atoms with E-state index in [1.165, 1.54) is 12.1 Å². The Kier molecular flexibility index (Phi) is 5.08. The summed E-state index contributed by atoms with van der Waals surface area (Å²) < 4.78 is 38.0. The van der Waals surface area contributed by atoms with Crippen LogP contribution in [-0.2, 0) is 6.18 Å². The van der Waals surface area contributed by atoms with E-state index in [2.05, 4.69) is 19.2 Å². The van der Waals surface area contributed by atoms with Crippen LogP contribution in [0, 0.1) is 0 Å². The molecule has 0 radical (unpaired) electrons. The summed E-state index contributed by atoms with van der Waals surface area (Å²) in [7, 11) is 0. The molecule has 2 rings (SSSR count). The molecule has 1 amide bonds. The van der Waals surface area contributed by atoms with Crippen molar-refractivity contribution in [3.63, 3.8) is 0 Å². The molecule has 0 fully saturated rings. The second-order valence-electron chi connectivity index (χ2n) is 5.46. The molecule has 122 valence electrons. The number of alkyl halides is 3. The zero-order chi connectivity index (χ0) is 17.0. The summed E-state index contributed by atoms with van der Waals surface area (Å²) in [5.41, 5.74) is 0.854. The first kappa shape index (κ1) is 17.1. The molecule has 5 heteroatoms. The van der Waals surface area contributed by atoms with Gasteiger partial charge >= 0.3 is 6.18 Å². The molecule has 0 bridgehead atoms. The highest BCUT2D eigenvalue weighted by molar-refractivity contribution is 6.04. The van der Waals surface area contributed by atoms with Crippen LogP contribution in [0.4, 0.5) is 18.9 Å². The largest absolute Gasteiger partial charge is 0.416 e. The smallest absolute Gasteiger partial charge is 0.322 e. The molecule has 0 aromatic heterocycles. The number of benzene rings is 2. The van der Waals surface area contributed by atoms with Crippen LogP contribution < -0.4 is 5.32 Å². The first-order valence-electron chi connectivity index (χ1n) is 7.40. The number of hydrogen-bond acceptors (Lipinski definition) is 1. The fourth-order valence-electron chi connectivity index (χ4n) is 2.17. The summed E-state index contributed by atoms with van der Waals surface area (Å²) in [6, 6.07) is 11.7. The van der Waals surface area contributed by atoms with E-state index in [0.717, 1.165) is 24.1 Å². The van der Waals surface area contributed by atoms with Crippen LogP contribution in [0.15, 0.2) is 48.5 Å².